The number of carbonyl (C=O) groups excluding carboxylic acids is 2. The highest BCUT2D eigenvalue weighted by atomic mass is 16.5. The predicted molar refractivity (Wildman–Crippen MR) is 188 cm³/mol. The Kier molecular flexibility index (Phi) is 31.6. The fourth-order valence-corrected chi connectivity index (χ4v) is 5.35. The Morgan fingerprint density at radius 2 is 1.16 bits per heavy atom. The summed E-state index contributed by atoms with van der Waals surface area (Å²) in [5.41, 5.74) is 5.47. The first-order chi connectivity index (χ1) is 21.9. The Morgan fingerprint density at radius 3 is 1.78 bits per heavy atom. The first-order valence-electron chi connectivity index (χ1n) is 18.7. The van der Waals surface area contributed by atoms with Gasteiger partial charge in [-0.25, -0.2) is 4.79 Å². The summed E-state index contributed by atoms with van der Waals surface area (Å²) < 4.78 is 5.89. The average molecular weight is 635 g/mol. The molecule has 2 atom stereocenters. The third-order valence-electron chi connectivity index (χ3n) is 8.22. The molecule has 0 rings (SSSR count). The second kappa shape index (κ2) is 33.2. The summed E-state index contributed by atoms with van der Waals surface area (Å²) in [6.07, 6.45) is 35.1. The Bertz CT molecular complexity index is 767. The normalized spacial score (nSPS) is 13.0. The van der Waals surface area contributed by atoms with Gasteiger partial charge in [0.15, 0.2) is 0 Å². The van der Waals surface area contributed by atoms with Crippen LogP contribution in [-0.2, 0) is 19.1 Å². The maximum Gasteiger partial charge on any atom is 0.326 e. The first-order valence-corrected chi connectivity index (χ1v) is 18.7. The van der Waals surface area contributed by atoms with E-state index in [0.717, 1.165) is 51.4 Å². The molecule has 2 unspecified atom stereocenters. The summed E-state index contributed by atoms with van der Waals surface area (Å²) in [6.45, 7) is 4.88. The maximum absolute atomic E-state index is 12.6. The summed E-state index contributed by atoms with van der Waals surface area (Å²) in [4.78, 5) is 36.1. The van der Waals surface area contributed by atoms with Crippen molar-refractivity contribution in [3.63, 3.8) is 0 Å². The number of carbonyl (C=O) groups is 3. The van der Waals surface area contributed by atoms with Gasteiger partial charge in [0.05, 0.1) is 0 Å². The van der Waals surface area contributed by atoms with Crippen LogP contribution < -0.4 is 11.1 Å². The van der Waals surface area contributed by atoms with Crippen LogP contribution in [0.1, 0.15) is 181 Å². The third-order valence-corrected chi connectivity index (χ3v) is 8.22. The van der Waals surface area contributed by atoms with Crippen LogP contribution in [0.4, 0.5) is 0 Å². The van der Waals surface area contributed by atoms with Gasteiger partial charge >= 0.3 is 11.9 Å². The van der Waals surface area contributed by atoms with Crippen LogP contribution >= 0.6 is 0 Å². The average Bonchev–Trinajstić information content (AvgIpc) is 3.02. The number of allylic oxidation sites excluding steroid dienone is 3. The smallest absolute Gasteiger partial charge is 0.326 e. The number of nitrogens with two attached hydrogens (primary N) is 1. The molecule has 0 bridgehead atoms. The molecule has 0 aliphatic heterocycles. The van der Waals surface area contributed by atoms with Crippen LogP contribution in [0.3, 0.4) is 0 Å². The summed E-state index contributed by atoms with van der Waals surface area (Å²) >= 11 is 0. The van der Waals surface area contributed by atoms with Gasteiger partial charge in [0, 0.05) is 12.8 Å². The fourth-order valence-electron chi connectivity index (χ4n) is 5.35. The minimum absolute atomic E-state index is 0.0986. The molecule has 0 saturated carbocycles. The van der Waals surface area contributed by atoms with Gasteiger partial charge in [-0.05, 0) is 89.7 Å². The highest BCUT2D eigenvalue weighted by molar-refractivity contribution is 5.83. The van der Waals surface area contributed by atoms with Crippen LogP contribution in [-0.4, -0.2) is 41.6 Å². The molecule has 0 saturated heterocycles. The molecule has 45 heavy (non-hydrogen) atoms. The zero-order valence-corrected chi connectivity index (χ0v) is 29.2. The van der Waals surface area contributed by atoms with Crippen LogP contribution in [0.15, 0.2) is 24.3 Å². The van der Waals surface area contributed by atoms with E-state index in [1.165, 1.54) is 83.5 Å². The van der Waals surface area contributed by atoms with Crippen molar-refractivity contribution in [3.05, 3.63) is 24.3 Å². The van der Waals surface area contributed by atoms with E-state index in [2.05, 4.69) is 43.5 Å². The molecule has 0 spiro atoms. The van der Waals surface area contributed by atoms with Crippen LogP contribution in [0.25, 0.3) is 0 Å². The lowest BCUT2D eigenvalue weighted by atomic mass is 10.1. The van der Waals surface area contributed by atoms with Crippen molar-refractivity contribution in [2.24, 2.45) is 5.73 Å². The number of carboxylic acid groups (broad SMARTS) is 1. The van der Waals surface area contributed by atoms with E-state index in [0.29, 0.717) is 38.6 Å². The SMILES string of the molecule is CCCCC/C=C\CCCCCCCC(=O)OC(/C=C\CCCCCCCC)CCCCCCC(=O)NC(CCCN)C(=O)O. The quantitative estimate of drug-likeness (QED) is 0.0376. The largest absolute Gasteiger partial charge is 0.480 e. The number of hydrogen-bond donors (Lipinski definition) is 3. The van der Waals surface area contributed by atoms with Crippen molar-refractivity contribution in [3.8, 4) is 0 Å². The molecule has 0 aromatic carbocycles. The number of aliphatic carboxylic acids is 1. The molecule has 0 aliphatic carbocycles. The van der Waals surface area contributed by atoms with Crippen molar-refractivity contribution in [1.82, 2.24) is 5.32 Å². The zero-order chi connectivity index (χ0) is 33.2. The molecule has 1 amide bonds. The molecule has 0 fully saturated rings. The van der Waals surface area contributed by atoms with E-state index in [9.17, 15) is 19.5 Å². The molecule has 262 valence electrons. The molecule has 7 nitrogen and oxygen atoms in total. The van der Waals surface area contributed by atoms with E-state index in [-0.39, 0.29) is 18.0 Å². The molecule has 4 N–H and O–H groups in total. The Hall–Kier alpha value is -2.15. The summed E-state index contributed by atoms with van der Waals surface area (Å²) in [5, 5.41) is 11.9. The number of unbranched alkanes of at least 4 members (excludes halogenated alkanes) is 17. The fraction of sp³-hybridized carbons (Fsp3) is 0.816. The van der Waals surface area contributed by atoms with Gasteiger partial charge < -0.3 is 20.9 Å². The lowest BCUT2D eigenvalue weighted by molar-refractivity contribution is -0.147. The van der Waals surface area contributed by atoms with Gasteiger partial charge in [0.2, 0.25) is 5.91 Å². The number of ether oxygens (including phenoxy) is 1. The number of hydrogen-bond acceptors (Lipinski definition) is 5. The minimum Gasteiger partial charge on any atom is -0.480 e. The van der Waals surface area contributed by atoms with Crippen molar-refractivity contribution < 1.29 is 24.2 Å². The molecule has 0 aromatic rings. The third kappa shape index (κ3) is 30.3. The minimum atomic E-state index is -1.02. The molecule has 0 heterocycles. The molecule has 7 heteroatoms. The van der Waals surface area contributed by atoms with Crippen molar-refractivity contribution >= 4 is 17.8 Å². The number of amides is 1. The monoisotopic (exact) mass is 635 g/mol. The highest BCUT2D eigenvalue weighted by Crippen LogP contribution is 2.15. The van der Waals surface area contributed by atoms with Gasteiger partial charge in [0.25, 0.3) is 0 Å². The lowest BCUT2D eigenvalue weighted by Gasteiger charge is -2.15. The summed E-state index contributed by atoms with van der Waals surface area (Å²) in [6, 6.07) is -0.869. The van der Waals surface area contributed by atoms with Crippen molar-refractivity contribution in [2.45, 2.75) is 193 Å². The number of esters is 1. The topological polar surface area (TPSA) is 119 Å². The molecular formula is C38H70N2O5. The summed E-state index contributed by atoms with van der Waals surface area (Å²) in [5.74, 6) is -1.34. The van der Waals surface area contributed by atoms with E-state index >= 15 is 0 Å². The molecular weight excluding hydrogens is 564 g/mol. The Morgan fingerprint density at radius 1 is 0.644 bits per heavy atom. The van der Waals surface area contributed by atoms with E-state index < -0.39 is 12.0 Å². The maximum atomic E-state index is 12.6. The zero-order valence-electron chi connectivity index (χ0n) is 29.2. The lowest BCUT2D eigenvalue weighted by Crippen LogP contribution is -2.40. The van der Waals surface area contributed by atoms with Gasteiger partial charge in [-0.15, -0.1) is 0 Å². The van der Waals surface area contributed by atoms with Crippen LogP contribution in [0, 0.1) is 0 Å². The van der Waals surface area contributed by atoms with Crippen molar-refractivity contribution in [2.75, 3.05) is 6.54 Å². The number of rotatable bonds is 33. The Labute approximate surface area is 276 Å². The molecule has 0 aliphatic rings. The van der Waals surface area contributed by atoms with Gasteiger partial charge in [-0.3, -0.25) is 9.59 Å². The van der Waals surface area contributed by atoms with E-state index in [4.69, 9.17) is 10.5 Å². The van der Waals surface area contributed by atoms with Crippen molar-refractivity contribution in [1.29, 1.82) is 0 Å². The molecule has 0 aromatic heterocycles. The molecule has 0 radical (unpaired) electrons. The van der Waals surface area contributed by atoms with E-state index in [1.807, 2.05) is 0 Å². The van der Waals surface area contributed by atoms with E-state index in [1.54, 1.807) is 0 Å². The number of carboxylic acids is 1. The summed E-state index contributed by atoms with van der Waals surface area (Å²) in [7, 11) is 0. The van der Waals surface area contributed by atoms with Gasteiger partial charge in [0.1, 0.15) is 12.1 Å². The Balaban J connectivity index is 4.36. The van der Waals surface area contributed by atoms with Gasteiger partial charge in [-0.2, -0.15) is 0 Å². The predicted octanol–water partition coefficient (Wildman–Crippen LogP) is 9.72. The van der Waals surface area contributed by atoms with Gasteiger partial charge in [-0.1, -0.05) is 109 Å². The highest BCUT2D eigenvalue weighted by Gasteiger charge is 2.19. The standard InChI is InChI=1S/C38H70N2O5/c1-3-5-7-9-11-13-14-15-16-18-20-26-32-37(42)45-34(28-23-19-17-12-10-8-6-4-2)29-24-21-22-25-31-36(41)40-35(38(43)44)30-27-33-39/h11,13,23,28,34-35H,3-10,12,14-22,24-27,29-33,39H2,1-2H3,(H,40,41)(H,43,44)/b13-11-,28-23-. The second-order valence-electron chi connectivity index (χ2n) is 12.6. The first kappa shape index (κ1) is 42.9. The number of nitrogens with one attached hydrogen (secondary N) is 1. The van der Waals surface area contributed by atoms with Crippen LogP contribution in [0.5, 0.6) is 0 Å². The van der Waals surface area contributed by atoms with Crippen LogP contribution in [0.2, 0.25) is 0 Å². The second-order valence-corrected chi connectivity index (χ2v) is 12.6.